The van der Waals surface area contributed by atoms with E-state index in [1.54, 1.807) is 17.4 Å². The number of rotatable bonds is 3. The number of hydrogen-bond acceptors (Lipinski definition) is 2. The van der Waals surface area contributed by atoms with Crippen molar-refractivity contribution in [1.82, 2.24) is 0 Å². The highest BCUT2D eigenvalue weighted by Gasteiger charge is 2.29. The molecule has 17 heavy (non-hydrogen) atoms. The van der Waals surface area contributed by atoms with E-state index in [0.717, 1.165) is 22.1 Å². The van der Waals surface area contributed by atoms with Gasteiger partial charge in [0, 0.05) is 10.1 Å². The van der Waals surface area contributed by atoms with Crippen LogP contribution in [0.3, 0.4) is 0 Å². The minimum Gasteiger partial charge on any atom is -0.388 e. The molecule has 3 heteroatoms. The fourth-order valence-electron chi connectivity index (χ4n) is 1.85. The van der Waals surface area contributed by atoms with Gasteiger partial charge in [0.25, 0.3) is 0 Å². The number of halogens is 1. The van der Waals surface area contributed by atoms with Gasteiger partial charge < -0.3 is 5.11 Å². The lowest BCUT2D eigenvalue weighted by atomic mass is 9.80. The normalized spacial score (nSPS) is 14.2. The van der Waals surface area contributed by atoms with E-state index in [1.165, 1.54) is 12.1 Å². The maximum atomic E-state index is 13.3. The van der Waals surface area contributed by atoms with Crippen molar-refractivity contribution >= 4 is 21.4 Å². The third-order valence-corrected chi connectivity index (χ3v) is 4.49. The molecule has 0 bridgehead atoms. The zero-order valence-electron chi connectivity index (χ0n) is 10.3. The van der Waals surface area contributed by atoms with Gasteiger partial charge in [-0.2, -0.15) is 0 Å². The Morgan fingerprint density at radius 1 is 1.41 bits per heavy atom. The second kappa shape index (κ2) is 4.39. The molecule has 0 fully saturated rings. The second-order valence-corrected chi connectivity index (χ2v) is 5.99. The van der Waals surface area contributed by atoms with Crippen LogP contribution in [0.5, 0.6) is 0 Å². The molecular weight excluding hydrogens is 235 g/mol. The molecule has 0 saturated carbocycles. The van der Waals surface area contributed by atoms with Crippen LogP contribution in [0.15, 0.2) is 23.6 Å². The largest absolute Gasteiger partial charge is 0.388 e. The molecule has 0 aliphatic rings. The van der Waals surface area contributed by atoms with Crippen molar-refractivity contribution in [2.24, 2.45) is 5.41 Å². The summed E-state index contributed by atoms with van der Waals surface area (Å²) in [5.41, 5.74) is 0.650. The van der Waals surface area contributed by atoms with E-state index in [-0.39, 0.29) is 11.2 Å². The van der Waals surface area contributed by atoms with Crippen molar-refractivity contribution < 1.29 is 9.50 Å². The van der Waals surface area contributed by atoms with Crippen LogP contribution in [-0.2, 0) is 0 Å². The lowest BCUT2D eigenvalue weighted by Gasteiger charge is -2.29. The Labute approximate surface area is 105 Å². The van der Waals surface area contributed by atoms with E-state index in [1.807, 2.05) is 19.2 Å². The van der Waals surface area contributed by atoms with Gasteiger partial charge in [-0.25, -0.2) is 4.39 Å². The van der Waals surface area contributed by atoms with Gasteiger partial charge >= 0.3 is 0 Å². The van der Waals surface area contributed by atoms with Crippen LogP contribution in [0.4, 0.5) is 4.39 Å². The molecule has 2 rings (SSSR count). The summed E-state index contributed by atoms with van der Waals surface area (Å²) in [5, 5.41) is 13.2. The third-order valence-electron chi connectivity index (χ3n) is 3.51. The molecule has 0 radical (unpaired) electrons. The van der Waals surface area contributed by atoms with Gasteiger partial charge in [-0.15, -0.1) is 11.3 Å². The van der Waals surface area contributed by atoms with Gasteiger partial charge in [0.1, 0.15) is 5.82 Å². The summed E-state index contributed by atoms with van der Waals surface area (Å²) in [5.74, 6) is -0.251. The van der Waals surface area contributed by atoms with Crippen molar-refractivity contribution in [3.8, 4) is 0 Å². The van der Waals surface area contributed by atoms with Gasteiger partial charge in [-0.05, 0) is 41.0 Å². The Morgan fingerprint density at radius 3 is 2.76 bits per heavy atom. The van der Waals surface area contributed by atoms with Crippen molar-refractivity contribution in [2.75, 3.05) is 0 Å². The topological polar surface area (TPSA) is 20.2 Å². The smallest absolute Gasteiger partial charge is 0.123 e. The predicted octanol–water partition coefficient (Wildman–Crippen LogP) is 4.51. The molecule has 0 aliphatic carbocycles. The summed E-state index contributed by atoms with van der Waals surface area (Å²) in [6.45, 7) is 6.11. The van der Waals surface area contributed by atoms with E-state index in [9.17, 15) is 9.50 Å². The standard InChI is InChI=1S/C14H17FOS/c1-4-14(2,3)13(16)11-8-17-12-6-5-9(15)7-10(11)12/h5-8,13,16H,4H2,1-3H3. The number of aliphatic hydroxyl groups excluding tert-OH is 1. The molecule has 1 unspecified atom stereocenters. The van der Waals surface area contributed by atoms with E-state index in [4.69, 9.17) is 0 Å². The number of benzene rings is 1. The molecule has 1 heterocycles. The molecule has 1 atom stereocenters. The van der Waals surface area contributed by atoms with E-state index in [2.05, 4.69) is 6.92 Å². The van der Waals surface area contributed by atoms with Gasteiger partial charge in [0.15, 0.2) is 0 Å². The zero-order valence-corrected chi connectivity index (χ0v) is 11.1. The number of thiophene rings is 1. The van der Waals surface area contributed by atoms with E-state index >= 15 is 0 Å². The van der Waals surface area contributed by atoms with Crippen LogP contribution in [0.2, 0.25) is 0 Å². The summed E-state index contributed by atoms with van der Waals surface area (Å²) in [4.78, 5) is 0. The molecular formula is C14H17FOS. The number of aliphatic hydroxyl groups is 1. The van der Waals surface area contributed by atoms with E-state index < -0.39 is 6.10 Å². The fourth-order valence-corrected chi connectivity index (χ4v) is 2.81. The first kappa shape index (κ1) is 12.5. The molecule has 0 spiro atoms. The molecule has 0 amide bonds. The highest BCUT2D eigenvalue weighted by Crippen LogP contribution is 2.41. The van der Waals surface area contributed by atoms with Crippen molar-refractivity contribution in [3.05, 3.63) is 35.0 Å². The first-order valence-corrected chi connectivity index (χ1v) is 6.68. The van der Waals surface area contributed by atoms with Crippen molar-refractivity contribution in [3.63, 3.8) is 0 Å². The fraction of sp³-hybridized carbons (Fsp3) is 0.429. The molecule has 0 aliphatic heterocycles. The lowest BCUT2D eigenvalue weighted by Crippen LogP contribution is -2.20. The summed E-state index contributed by atoms with van der Waals surface area (Å²) >= 11 is 1.55. The van der Waals surface area contributed by atoms with Gasteiger partial charge in [-0.3, -0.25) is 0 Å². The SMILES string of the molecule is CCC(C)(C)C(O)c1csc2ccc(F)cc12. The summed E-state index contributed by atoms with van der Waals surface area (Å²) < 4.78 is 14.3. The molecule has 0 saturated heterocycles. The second-order valence-electron chi connectivity index (χ2n) is 5.08. The van der Waals surface area contributed by atoms with Gasteiger partial charge in [0.05, 0.1) is 6.10 Å². The molecule has 1 aromatic carbocycles. The van der Waals surface area contributed by atoms with Crippen LogP contribution in [0.25, 0.3) is 10.1 Å². The van der Waals surface area contributed by atoms with Crippen LogP contribution in [0.1, 0.15) is 38.9 Å². The molecule has 2 aromatic rings. The van der Waals surface area contributed by atoms with Gasteiger partial charge in [-0.1, -0.05) is 20.8 Å². The zero-order chi connectivity index (χ0) is 12.6. The third kappa shape index (κ3) is 2.22. The quantitative estimate of drug-likeness (QED) is 0.852. The highest BCUT2D eigenvalue weighted by molar-refractivity contribution is 7.17. The van der Waals surface area contributed by atoms with Crippen LogP contribution in [0, 0.1) is 11.2 Å². The highest BCUT2D eigenvalue weighted by atomic mass is 32.1. The average Bonchev–Trinajstić information content (AvgIpc) is 2.70. The number of fused-ring (bicyclic) bond motifs is 1. The van der Waals surface area contributed by atoms with Crippen molar-refractivity contribution in [2.45, 2.75) is 33.3 Å². The summed E-state index contributed by atoms with van der Waals surface area (Å²) in [6, 6.07) is 4.74. The first-order chi connectivity index (χ1) is 7.95. The summed E-state index contributed by atoms with van der Waals surface area (Å²) in [7, 11) is 0. The lowest BCUT2D eigenvalue weighted by molar-refractivity contribution is 0.0480. The van der Waals surface area contributed by atoms with Crippen LogP contribution < -0.4 is 0 Å². The maximum Gasteiger partial charge on any atom is 0.123 e. The van der Waals surface area contributed by atoms with Crippen LogP contribution in [-0.4, -0.2) is 5.11 Å². The molecule has 1 N–H and O–H groups in total. The predicted molar refractivity (Wildman–Crippen MR) is 70.8 cm³/mol. The Bertz CT molecular complexity index is 530. The minimum atomic E-state index is -0.553. The Kier molecular flexibility index (Phi) is 3.23. The molecule has 92 valence electrons. The van der Waals surface area contributed by atoms with Crippen LogP contribution >= 0.6 is 11.3 Å². The van der Waals surface area contributed by atoms with Crippen molar-refractivity contribution in [1.29, 1.82) is 0 Å². The van der Waals surface area contributed by atoms with E-state index in [0.29, 0.717) is 0 Å². The molecule has 1 aromatic heterocycles. The Hall–Kier alpha value is -0.930. The first-order valence-electron chi connectivity index (χ1n) is 5.80. The number of hydrogen-bond donors (Lipinski definition) is 1. The average molecular weight is 252 g/mol. The van der Waals surface area contributed by atoms with Gasteiger partial charge in [0.2, 0.25) is 0 Å². The minimum absolute atomic E-state index is 0.194. The summed E-state index contributed by atoms with van der Waals surface area (Å²) in [6.07, 6.45) is 0.323. The Morgan fingerprint density at radius 2 is 2.12 bits per heavy atom. The molecule has 1 nitrogen and oxygen atoms in total. The Balaban J connectivity index is 2.52. The maximum absolute atomic E-state index is 13.3. The monoisotopic (exact) mass is 252 g/mol.